The van der Waals surface area contributed by atoms with E-state index < -0.39 is 0 Å². The highest BCUT2D eigenvalue weighted by Crippen LogP contribution is 2.44. The fourth-order valence-corrected chi connectivity index (χ4v) is 4.24. The lowest BCUT2D eigenvalue weighted by Gasteiger charge is -2.33. The number of carbonyl (C=O) groups is 2. The molecule has 1 aromatic carbocycles. The van der Waals surface area contributed by atoms with Crippen molar-refractivity contribution in [3.8, 4) is 5.75 Å². The summed E-state index contributed by atoms with van der Waals surface area (Å²) in [5.74, 6) is 0.780. The van der Waals surface area contributed by atoms with E-state index >= 15 is 0 Å². The van der Waals surface area contributed by atoms with Gasteiger partial charge in [0, 0.05) is 43.5 Å². The molecule has 0 spiro atoms. The molecule has 1 saturated heterocycles. The maximum absolute atomic E-state index is 12.6. The van der Waals surface area contributed by atoms with Crippen molar-refractivity contribution in [3.05, 3.63) is 29.8 Å². The van der Waals surface area contributed by atoms with Crippen molar-refractivity contribution in [1.82, 2.24) is 10.2 Å². The normalized spacial score (nSPS) is 22.7. The molecule has 0 bridgehead atoms. The zero-order valence-electron chi connectivity index (χ0n) is 15.2. The van der Waals surface area contributed by atoms with Gasteiger partial charge < -0.3 is 15.0 Å². The van der Waals surface area contributed by atoms with Crippen LogP contribution >= 0.6 is 0 Å². The van der Waals surface area contributed by atoms with Crippen LogP contribution in [0.4, 0.5) is 0 Å². The first kappa shape index (κ1) is 17.8. The molecule has 5 nitrogen and oxygen atoms in total. The van der Waals surface area contributed by atoms with Gasteiger partial charge in [0.1, 0.15) is 5.75 Å². The van der Waals surface area contributed by atoms with E-state index in [9.17, 15) is 9.59 Å². The smallest absolute Gasteiger partial charge is 0.223 e. The molecule has 1 saturated carbocycles. The standard InChI is InChI=1S/C20H28N2O3/c1-22-12-9-15(13-18(22)23)19(24)21-14-20(10-5-6-11-20)16-7-3-4-8-17(16)25-2/h3-4,7-8,15H,5-6,9-14H2,1-2H3,(H,21,24). The summed E-state index contributed by atoms with van der Waals surface area (Å²) >= 11 is 0. The molecule has 1 aromatic rings. The molecule has 1 unspecified atom stereocenters. The molecule has 2 fully saturated rings. The topological polar surface area (TPSA) is 58.6 Å². The lowest BCUT2D eigenvalue weighted by Crippen LogP contribution is -2.45. The van der Waals surface area contributed by atoms with E-state index in [1.807, 2.05) is 18.2 Å². The Bertz CT molecular complexity index is 638. The average Bonchev–Trinajstić information content (AvgIpc) is 3.12. The Balaban J connectivity index is 1.70. The maximum Gasteiger partial charge on any atom is 0.223 e. The summed E-state index contributed by atoms with van der Waals surface area (Å²) in [6.07, 6.45) is 5.51. The number of carbonyl (C=O) groups excluding carboxylic acids is 2. The second-order valence-electron chi connectivity index (χ2n) is 7.41. The van der Waals surface area contributed by atoms with E-state index in [0.29, 0.717) is 19.5 Å². The van der Waals surface area contributed by atoms with Crippen LogP contribution in [0.2, 0.25) is 0 Å². The number of rotatable bonds is 5. The van der Waals surface area contributed by atoms with Crippen LogP contribution in [0.15, 0.2) is 24.3 Å². The van der Waals surface area contributed by atoms with Gasteiger partial charge in [-0.2, -0.15) is 0 Å². The van der Waals surface area contributed by atoms with Crippen molar-refractivity contribution in [1.29, 1.82) is 0 Å². The van der Waals surface area contributed by atoms with Crippen LogP contribution in [0.3, 0.4) is 0 Å². The molecular formula is C20H28N2O3. The van der Waals surface area contributed by atoms with E-state index in [4.69, 9.17) is 4.74 Å². The number of likely N-dealkylation sites (tertiary alicyclic amines) is 1. The van der Waals surface area contributed by atoms with Crippen molar-refractivity contribution < 1.29 is 14.3 Å². The van der Waals surface area contributed by atoms with Gasteiger partial charge in [0.15, 0.2) is 0 Å². The van der Waals surface area contributed by atoms with Gasteiger partial charge in [-0.25, -0.2) is 0 Å². The number of hydrogen-bond donors (Lipinski definition) is 1. The summed E-state index contributed by atoms with van der Waals surface area (Å²) in [5, 5.41) is 3.16. The fraction of sp³-hybridized carbons (Fsp3) is 0.600. The molecule has 1 N–H and O–H groups in total. The van der Waals surface area contributed by atoms with E-state index in [1.54, 1.807) is 19.1 Å². The Hall–Kier alpha value is -2.04. The molecule has 1 aliphatic carbocycles. The number of amides is 2. The molecule has 2 amide bonds. The summed E-state index contributed by atoms with van der Waals surface area (Å²) in [6.45, 7) is 1.28. The van der Waals surface area contributed by atoms with Gasteiger partial charge in [0.25, 0.3) is 0 Å². The van der Waals surface area contributed by atoms with Gasteiger partial charge in [-0.3, -0.25) is 9.59 Å². The highest BCUT2D eigenvalue weighted by atomic mass is 16.5. The zero-order chi connectivity index (χ0) is 17.9. The van der Waals surface area contributed by atoms with E-state index in [1.165, 1.54) is 18.4 Å². The number of hydrogen-bond acceptors (Lipinski definition) is 3. The van der Waals surface area contributed by atoms with Crippen LogP contribution < -0.4 is 10.1 Å². The first-order valence-electron chi connectivity index (χ1n) is 9.21. The predicted octanol–water partition coefficient (Wildman–Crippen LogP) is 2.49. The third-order valence-electron chi connectivity index (χ3n) is 5.87. The molecule has 25 heavy (non-hydrogen) atoms. The number of para-hydroxylation sites is 1. The van der Waals surface area contributed by atoms with Crippen molar-refractivity contribution in [2.75, 3.05) is 27.2 Å². The minimum absolute atomic E-state index is 0.0163. The molecule has 0 radical (unpaired) electrons. The molecule has 136 valence electrons. The highest BCUT2D eigenvalue weighted by molar-refractivity contribution is 5.86. The molecule has 1 aliphatic heterocycles. The van der Waals surface area contributed by atoms with Crippen molar-refractivity contribution in [2.45, 2.75) is 43.9 Å². The Morgan fingerprint density at radius 1 is 1.32 bits per heavy atom. The Kier molecular flexibility index (Phi) is 5.30. The number of piperidine rings is 1. The second kappa shape index (κ2) is 7.46. The van der Waals surface area contributed by atoms with Gasteiger partial charge in [-0.15, -0.1) is 0 Å². The SMILES string of the molecule is COc1ccccc1C1(CNC(=O)C2CCN(C)C(=O)C2)CCCC1. The Labute approximate surface area is 149 Å². The fourth-order valence-electron chi connectivity index (χ4n) is 4.24. The summed E-state index contributed by atoms with van der Waals surface area (Å²) in [7, 11) is 3.50. The summed E-state index contributed by atoms with van der Waals surface area (Å²) < 4.78 is 5.57. The number of benzene rings is 1. The summed E-state index contributed by atoms with van der Waals surface area (Å²) in [5.41, 5.74) is 1.13. The van der Waals surface area contributed by atoms with E-state index in [2.05, 4.69) is 11.4 Å². The molecule has 2 aliphatic rings. The summed E-state index contributed by atoms with van der Waals surface area (Å²) in [4.78, 5) is 26.2. The quantitative estimate of drug-likeness (QED) is 0.893. The van der Waals surface area contributed by atoms with Crippen molar-refractivity contribution in [3.63, 3.8) is 0 Å². The Morgan fingerprint density at radius 2 is 2.04 bits per heavy atom. The first-order chi connectivity index (χ1) is 12.1. The third-order valence-corrected chi connectivity index (χ3v) is 5.87. The van der Waals surface area contributed by atoms with Crippen molar-refractivity contribution >= 4 is 11.8 Å². The Morgan fingerprint density at radius 3 is 2.72 bits per heavy atom. The molecule has 0 aromatic heterocycles. The number of ether oxygens (including phenoxy) is 1. The van der Waals surface area contributed by atoms with Crippen LogP contribution in [0, 0.1) is 5.92 Å². The van der Waals surface area contributed by atoms with Gasteiger partial charge in [0.05, 0.1) is 7.11 Å². The van der Waals surface area contributed by atoms with Gasteiger partial charge >= 0.3 is 0 Å². The van der Waals surface area contributed by atoms with Crippen LogP contribution in [0.5, 0.6) is 5.75 Å². The van der Waals surface area contributed by atoms with Crippen LogP contribution in [0.1, 0.15) is 44.1 Å². The number of nitrogens with zero attached hydrogens (tertiary/aromatic N) is 1. The molecule has 3 rings (SSSR count). The monoisotopic (exact) mass is 344 g/mol. The molecule has 1 heterocycles. The molecule has 5 heteroatoms. The second-order valence-corrected chi connectivity index (χ2v) is 7.41. The highest BCUT2D eigenvalue weighted by Gasteiger charge is 2.39. The van der Waals surface area contributed by atoms with Gasteiger partial charge in [-0.05, 0) is 25.3 Å². The third kappa shape index (κ3) is 3.65. The minimum atomic E-state index is -0.195. The zero-order valence-corrected chi connectivity index (χ0v) is 15.2. The number of methoxy groups -OCH3 is 1. The van der Waals surface area contributed by atoms with Crippen LogP contribution in [-0.2, 0) is 15.0 Å². The largest absolute Gasteiger partial charge is 0.496 e. The van der Waals surface area contributed by atoms with Gasteiger partial charge in [0.2, 0.25) is 11.8 Å². The maximum atomic E-state index is 12.6. The lowest BCUT2D eigenvalue weighted by molar-refractivity contribution is -0.139. The average molecular weight is 344 g/mol. The predicted molar refractivity (Wildman–Crippen MR) is 96.5 cm³/mol. The van der Waals surface area contributed by atoms with Crippen LogP contribution in [-0.4, -0.2) is 44.0 Å². The summed E-state index contributed by atoms with van der Waals surface area (Å²) in [6, 6.07) is 8.13. The number of nitrogens with one attached hydrogen (secondary N) is 1. The van der Waals surface area contributed by atoms with Crippen LogP contribution in [0.25, 0.3) is 0 Å². The minimum Gasteiger partial charge on any atom is -0.496 e. The van der Waals surface area contributed by atoms with Gasteiger partial charge in [-0.1, -0.05) is 31.0 Å². The van der Waals surface area contributed by atoms with E-state index in [-0.39, 0.29) is 23.1 Å². The van der Waals surface area contributed by atoms with E-state index in [0.717, 1.165) is 25.0 Å². The van der Waals surface area contributed by atoms with Crippen molar-refractivity contribution in [2.24, 2.45) is 5.92 Å². The first-order valence-corrected chi connectivity index (χ1v) is 9.21. The molecule has 1 atom stereocenters. The molecular weight excluding hydrogens is 316 g/mol. The lowest BCUT2D eigenvalue weighted by atomic mass is 9.78.